The molecule has 0 radical (unpaired) electrons. The minimum atomic E-state index is 0.647. The third kappa shape index (κ3) is 1.55. The summed E-state index contributed by atoms with van der Waals surface area (Å²) in [5, 5.41) is 1.98. The lowest BCUT2D eigenvalue weighted by Gasteiger charge is -1.81. The second-order valence-corrected chi connectivity index (χ2v) is 4.81. The van der Waals surface area contributed by atoms with E-state index in [1.54, 1.807) is 11.3 Å². The largest absolute Gasteiger partial charge is 0.249 e. The van der Waals surface area contributed by atoms with Crippen molar-refractivity contribution in [3.05, 3.63) is 15.9 Å². The Kier molecular flexibility index (Phi) is 2.20. The van der Waals surface area contributed by atoms with Crippen LogP contribution in [0.5, 0.6) is 0 Å². The molecule has 0 saturated heterocycles. The van der Waals surface area contributed by atoms with Crippen LogP contribution in [0, 0.1) is 6.92 Å². The molecule has 2 heterocycles. The van der Waals surface area contributed by atoms with E-state index >= 15 is 0 Å². The van der Waals surface area contributed by atoms with Crippen molar-refractivity contribution in [1.29, 1.82) is 0 Å². The van der Waals surface area contributed by atoms with E-state index in [0.717, 1.165) is 14.9 Å². The SMILES string of the molecule is Cc1ncc(-c2nc(Br)ns2)s1. The Hall–Kier alpha value is -0.330. The van der Waals surface area contributed by atoms with Crippen LogP contribution in [0.2, 0.25) is 0 Å². The Morgan fingerprint density at radius 3 is 2.83 bits per heavy atom. The lowest BCUT2D eigenvalue weighted by molar-refractivity contribution is 1.26. The molecule has 0 fully saturated rings. The maximum absolute atomic E-state index is 4.19. The topological polar surface area (TPSA) is 38.7 Å². The lowest BCUT2D eigenvalue weighted by Crippen LogP contribution is -1.67. The molecule has 0 spiro atoms. The van der Waals surface area contributed by atoms with E-state index in [1.165, 1.54) is 11.5 Å². The standard InChI is InChI=1S/C6H4BrN3S2/c1-3-8-2-4(11-3)5-9-6(7)10-12-5/h2H,1H3. The molecule has 3 nitrogen and oxygen atoms in total. The van der Waals surface area contributed by atoms with E-state index < -0.39 is 0 Å². The van der Waals surface area contributed by atoms with Gasteiger partial charge in [0.2, 0.25) is 4.73 Å². The zero-order valence-corrected chi connectivity index (χ0v) is 9.33. The van der Waals surface area contributed by atoms with Gasteiger partial charge in [0.25, 0.3) is 0 Å². The van der Waals surface area contributed by atoms with Crippen LogP contribution in [0.4, 0.5) is 0 Å². The Morgan fingerprint density at radius 2 is 2.33 bits per heavy atom. The number of aromatic nitrogens is 3. The van der Waals surface area contributed by atoms with Gasteiger partial charge in [-0.2, -0.15) is 4.37 Å². The highest BCUT2D eigenvalue weighted by molar-refractivity contribution is 9.10. The molecule has 6 heteroatoms. The summed E-state index contributed by atoms with van der Waals surface area (Å²) in [4.78, 5) is 9.41. The number of hydrogen-bond acceptors (Lipinski definition) is 5. The summed E-state index contributed by atoms with van der Waals surface area (Å²) in [6.45, 7) is 1.98. The molecular formula is C6H4BrN3S2. The van der Waals surface area contributed by atoms with Gasteiger partial charge in [-0.15, -0.1) is 11.3 Å². The number of thiazole rings is 1. The van der Waals surface area contributed by atoms with Crippen molar-refractivity contribution in [2.24, 2.45) is 0 Å². The van der Waals surface area contributed by atoms with Crippen molar-refractivity contribution in [2.45, 2.75) is 6.92 Å². The summed E-state index contributed by atoms with van der Waals surface area (Å²) in [6.07, 6.45) is 1.83. The average Bonchev–Trinajstić information content (AvgIpc) is 2.58. The number of rotatable bonds is 1. The number of halogens is 1. The smallest absolute Gasteiger partial charge is 0.209 e. The molecule has 2 aromatic rings. The van der Waals surface area contributed by atoms with Crippen LogP contribution >= 0.6 is 38.8 Å². The molecule has 0 aliphatic heterocycles. The van der Waals surface area contributed by atoms with Crippen LogP contribution in [-0.4, -0.2) is 14.3 Å². The summed E-state index contributed by atoms with van der Waals surface area (Å²) in [5.41, 5.74) is 0. The molecule has 0 N–H and O–H groups in total. The Bertz CT molecular complexity index is 357. The Morgan fingerprint density at radius 1 is 1.50 bits per heavy atom. The van der Waals surface area contributed by atoms with Gasteiger partial charge in [0.1, 0.15) is 0 Å². The van der Waals surface area contributed by atoms with Gasteiger partial charge in [0, 0.05) is 6.20 Å². The van der Waals surface area contributed by atoms with Gasteiger partial charge in [-0.05, 0) is 34.4 Å². The molecule has 0 unspecified atom stereocenters. The van der Waals surface area contributed by atoms with Gasteiger partial charge in [0.15, 0.2) is 5.01 Å². The molecule has 2 rings (SSSR count). The predicted octanol–water partition coefficient (Wildman–Crippen LogP) is 2.73. The van der Waals surface area contributed by atoms with E-state index in [4.69, 9.17) is 0 Å². The first-order valence-electron chi connectivity index (χ1n) is 3.18. The predicted molar refractivity (Wildman–Crippen MR) is 53.5 cm³/mol. The molecule has 0 aliphatic carbocycles. The number of aryl methyl sites for hydroxylation is 1. The highest BCUT2D eigenvalue weighted by Gasteiger charge is 2.06. The Labute approximate surface area is 85.8 Å². The fourth-order valence-electron chi connectivity index (χ4n) is 0.766. The van der Waals surface area contributed by atoms with E-state index in [2.05, 4.69) is 30.3 Å². The van der Waals surface area contributed by atoms with Crippen molar-refractivity contribution < 1.29 is 0 Å². The van der Waals surface area contributed by atoms with Gasteiger partial charge in [-0.1, -0.05) is 0 Å². The maximum Gasteiger partial charge on any atom is 0.209 e. The van der Waals surface area contributed by atoms with Crippen LogP contribution in [-0.2, 0) is 0 Å². The molecule has 0 aromatic carbocycles. The van der Waals surface area contributed by atoms with Crippen molar-refractivity contribution in [2.75, 3.05) is 0 Å². The first-order valence-corrected chi connectivity index (χ1v) is 5.56. The molecule has 0 aliphatic rings. The van der Waals surface area contributed by atoms with Crippen molar-refractivity contribution in [1.82, 2.24) is 14.3 Å². The lowest BCUT2D eigenvalue weighted by atomic mass is 10.6. The average molecular weight is 262 g/mol. The first-order chi connectivity index (χ1) is 5.75. The van der Waals surface area contributed by atoms with Crippen LogP contribution < -0.4 is 0 Å². The van der Waals surface area contributed by atoms with Crippen molar-refractivity contribution >= 4 is 38.8 Å². The van der Waals surface area contributed by atoms with Gasteiger partial charge in [0.05, 0.1) is 9.88 Å². The normalized spacial score (nSPS) is 10.5. The monoisotopic (exact) mass is 261 g/mol. The van der Waals surface area contributed by atoms with E-state index in [-0.39, 0.29) is 0 Å². The summed E-state index contributed by atoms with van der Waals surface area (Å²) in [6, 6.07) is 0. The van der Waals surface area contributed by atoms with E-state index in [0.29, 0.717) is 4.73 Å². The van der Waals surface area contributed by atoms with Gasteiger partial charge in [-0.3, -0.25) is 0 Å². The van der Waals surface area contributed by atoms with E-state index in [1.807, 2.05) is 13.1 Å². The molecule has 2 aromatic heterocycles. The Balaban J connectivity index is 2.43. The molecule has 0 amide bonds. The minimum Gasteiger partial charge on any atom is -0.249 e. The zero-order valence-electron chi connectivity index (χ0n) is 6.11. The summed E-state index contributed by atoms with van der Waals surface area (Å²) in [7, 11) is 0. The number of nitrogens with zero attached hydrogens (tertiary/aromatic N) is 3. The van der Waals surface area contributed by atoms with Crippen molar-refractivity contribution in [3.63, 3.8) is 0 Å². The molecule has 0 bridgehead atoms. The fourth-order valence-corrected chi connectivity index (χ4v) is 2.65. The number of hydrogen-bond donors (Lipinski definition) is 0. The zero-order chi connectivity index (χ0) is 8.55. The molecule has 0 atom stereocenters. The highest BCUT2D eigenvalue weighted by atomic mass is 79.9. The van der Waals surface area contributed by atoms with Crippen molar-refractivity contribution in [3.8, 4) is 9.88 Å². The second kappa shape index (κ2) is 3.20. The quantitative estimate of drug-likeness (QED) is 0.793. The highest BCUT2D eigenvalue weighted by Crippen LogP contribution is 2.27. The molecule has 12 heavy (non-hydrogen) atoms. The van der Waals surface area contributed by atoms with Crippen LogP contribution in [0.15, 0.2) is 10.9 Å². The third-order valence-corrected chi connectivity index (χ3v) is 3.62. The van der Waals surface area contributed by atoms with Gasteiger partial charge >= 0.3 is 0 Å². The van der Waals surface area contributed by atoms with E-state index in [9.17, 15) is 0 Å². The minimum absolute atomic E-state index is 0.647. The summed E-state index contributed by atoms with van der Waals surface area (Å²) >= 11 is 6.22. The summed E-state index contributed by atoms with van der Waals surface area (Å²) < 4.78 is 4.68. The molecule has 62 valence electrons. The maximum atomic E-state index is 4.19. The summed E-state index contributed by atoms with van der Waals surface area (Å²) in [5.74, 6) is 0. The fraction of sp³-hybridized carbons (Fsp3) is 0.167. The molecule has 0 saturated carbocycles. The van der Waals surface area contributed by atoms with Crippen LogP contribution in [0.25, 0.3) is 9.88 Å². The van der Waals surface area contributed by atoms with Gasteiger partial charge < -0.3 is 0 Å². The van der Waals surface area contributed by atoms with Crippen LogP contribution in [0.1, 0.15) is 5.01 Å². The van der Waals surface area contributed by atoms with Gasteiger partial charge in [-0.25, -0.2) is 9.97 Å². The third-order valence-electron chi connectivity index (χ3n) is 1.23. The molecular weight excluding hydrogens is 258 g/mol. The first kappa shape index (κ1) is 8.28. The second-order valence-electron chi connectivity index (χ2n) is 2.11. The van der Waals surface area contributed by atoms with Crippen LogP contribution in [0.3, 0.4) is 0 Å².